The minimum Gasteiger partial charge on any atom is -0.318 e. The number of amides is 1. The van der Waals surface area contributed by atoms with Crippen molar-refractivity contribution in [2.24, 2.45) is 0 Å². The van der Waals surface area contributed by atoms with E-state index in [0.717, 1.165) is 17.5 Å². The molecule has 2 heteroatoms. The van der Waals surface area contributed by atoms with Gasteiger partial charge in [0.1, 0.15) is 0 Å². The number of benzene rings is 2. The highest BCUT2D eigenvalue weighted by Gasteiger charge is 2.00. The van der Waals surface area contributed by atoms with E-state index in [-0.39, 0.29) is 0 Å². The first-order valence-corrected chi connectivity index (χ1v) is 4.89. The van der Waals surface area contributed by atoms with Crippen molar-refractivity contribution in [3.05, 3.63) is 42.0 Å². The third-order valence-electron chi connectivity index (χ3n) is 2.54. The van der Waals surface area contributed by atoms with Crippen molar-refractivity contribution in [3.63, 3.8) is 0 Å². The zero-order chi connectivity index (χ0) is 10.8. The Morgan fingerprint density at radius 2 is 1.73 bits per heavy atom. The molecule has 0 aromatic heterocycles. The molecule has 0 N–H and O–H groups in total. The summed E-state index contributed by atoms with van der Waals surface area (Å²) in [6, 6.07) is 12.3. The number of fused-ring (bicyclic) bond motifs is 1. The molecule has 2 aromatic carbocycles. The topological polar surface area (TPSA) is 20.3 Å². The molecule has 1 amide bonds. The smallest absolute Gasteiger partial charge is 0.213 e. The number of aryl methyl sites for hydroxylation is 1. The summed E-state index contributed by atoms with van der Waals surface area (Å²) < 4.78 is 0. The largest absolute Gasteiger partial charge is 0.318 e. The standard InChI is InChI=1S/C13H13NO/c1-10-3-4-12-8-13(14(2)9-15)6-5-11(12)7-10/h3-9H,1-2H3. The van der Waals surface area contributed by atoms with E-state index in [1.165, 1.54) is 10.9 Å². The SMILES string of the molecule is Cc1ccc2cc(N(C)C=O)ccc2c1. The molecule has 2 nitrogen and oxygen atoms in total. The van der Waals surface area contributed by atoms with Gasteiger partial charge in [-0.2, -0.15) is 0 Å². The van der Waals surface area contributed by atoms with Crippen LogP contribution in [0.5, 0.6) is 0 Å². The lowest BCUT2D eigenvalue weighted by atomic mass is 10.1. The normalized spacial score (nSPS) is 10.3. The molecule has 0 fully saturated rings. The highest BCUT2D eigenvalue weighted by Crippen LogP contribution is 2.21. The van der Waals surface area contributed by atoms with Crippen molar-refractivity contribution >= 4 is 22.9 Å². The Morgan fingerprint density at radius 3 is 2.47 bits per heavy atom. The molecule has 0 radical (unpaired) electrons. The Balaban J connectivity index is 2.56. The summed E-state index contributed by atoms with van der Waals surface area (Å²) in [5, 5.41) is 2.37. The highest BCUT2D eigenvalue weighted by atomic mass is 16.1. The average molecular weight is 199 g/mol. The molecule has 0 heterocycles. The molecule has 0 saturated carbocycles. The molecule has 76 valence electrons. The Morgan fingerprint density at radius 1 is 1.07 bits per heavy atom. The second-order valence-corrected chi connectivity index (χ2v) is 3.75. The molecule has 0 atom stereocenters. The van der Waals surface area contributed by atoms with Gasteiger partial charge in [0.05, 0.1) is 0 Å². The van der Waals surface area contributed by atoms with E-state index < -0.39 is 0 Å². The van der Waals surface area contributed by atoms with E-state index in [1.807, 2.05) is 18.2 Å². The molecule has 0 bridgehead atoms. The zero-order valence-corrected chi connectivity index (χ0v) is 8.90. The predicted octanol–water partition coefficient (Wildman–Crippen LogP) is 2.74. The number of anilines is 1. The van der Waals surface area contributed by atoms with Crippen molar-refractivity contribution in [1.82, 2.24) is 0 Å². The summed E-state index contributed by atoms with van der Waals surface area (Å²) in [7, 11) is 1.75. The fourth-order valence-corrected chi connectivity index (χ4v) is 1.63. The minimum absolute atomic E-state index is 0.815. The van der Waals surface area contributed by atoms with Crippen molar-refractivity contribution in [2.45, 2.75) is 6.92 Å². The van der Waals surface area contributed by atoms with Gasteiger partial charge in [-0.1, -0.05) is 29.8 Å². The monoisotopic (exact) mass is 199 g/mol. The Hall–Kier alpha value is -1.83. The number of hydrogen-bond donors (Lipinski definition) is 0. The Kier molecular flexibility index (Phi) is 2.42. The molecule has 0 unspecified atom stereocenters. The highest BCUT2D eigenvalue weighted by molar-refractivity contribution is 5.88. The lowest BCUT2D eigenvalue weighted by molar-refractivity contribution is -0.107. The first-order valence-electron chi connectivity index (χ1n) is 4.89. The first kappa shape index (κ1) is 9.71. The van der Waals surface area contributed by atoms with Gasteiger partial charge in [0.25, 0.3) is 0 Å². The van der Waals surface area contributed by atoms with Crippen molar-refractivity contribution in [1.29, 1.82) is 0 Å². The quantitative estimate of drug-likeness (QED) is 0.681. The van der Waals surface area contributed by atoms with E-state index in [2.05, 4.69) is 25.1 Å². The number of nitrogens with zero attached hydrogens (tertiary/aromatic N) is 1. The van der Waals surface area contributed by atoms with E-state index in [9.17, 15) is 4.79 Å². The van der Waals surface area contributed by atoms with Gasteiger partial charge >= 0.3 is 0 Å². The predicted molar refractivity (Wildman–Crippen MR) is 63.2 cm³/mol. The maximum Gasteiger partial charge on any atom is 0.213 e. The molecule has 0 aliphatic carbocycles. The van der Waals surface area contributed by atoms with Crippen LogP contribution in [0, 0.1) is 6.92 Å². The maximum atomic E-state index is 10.6. The van der Waals surface area contributed by atoms with Crippen LogP contribution in [-0.2, 0) is 4.79 Å². The van der Waals surface area contributed by atoms with Crippen LogP contribution in [0.25, 0.3) is 10.8 Å². The van der Waals surface area contributed by atoms with E-state index in [4.69, 9.17) is 0 Å². The molecule has 2 rings (SSSR count). The molecule has 15 heavy (non-hydrogen) atoms. The molecular weight excluding hydrogens is 186 g/mol. The summed E-state index contributed by atoms with van der Waals surface area (Å²) in [6.45, 7) is 2.07. The van der Waals surface area contributed by atoms with Gasteiger partial charge in [0, 0.05) is 12.7 Å². The van der Waals surface area contributed by atoms with Crippen LogP contribution in [0.4, 0.5) is 5.69 Å². The van der Waals surface area contributed by atoms with Gasteiger partial charge in [-0.15, -0.1) is 0 Å². The second-order valence-electron chi connectivity index (χ2n) is 3.75. The van der Waals surface area contributed by atoms with Gasteiger partial charge < -0.3 is 4.90 Å². The first-order chi connectivity index (χ1) is 7.20. The van der Waals surface area contributed by atoms with Crippen LogP contribution in [-0.4, -0.2) is 13.5 Å². The van der Waals surface area contributed by atoms with Crippen LogP contribution < -0.4 is 4.90 Å². The number of hydrogen-bond acceptors (Lipinski definition) is 1. The average Bonchev–Trinajstić information content (AvgIpc) is 2.27. The Labute approximate surface area is 89.1 Å². The fourth-order valence-electron chi connectivity index (χ4n) is 1.63. The van der Waals surface area contributed by atoms with Gasteiger partial charge in [-0.05, 0) is 29.8 Å². The summed E-state index contributed by atoms with van der Waals surface area (Å²) in [5.74, 6) is 0. The van der Waals surface area contributed by atoms with Crippen molar-refractivity contribution in [3.8, 4) is 0 Å². The number of carbonyl (C=O) groups excluding carboxylic acids is 1. The van der Waals surface area contributed by atoms with Gasteiger partial charge in [0.15, 0.2) is 0 Å². The van der Waals surface area contributed by atoms with Crippen LogP contribution in [0.2, 0.25) is 0 Å². The molecule has 0 aliphatic rings. The van der Waals surface area contributed by atoms with Crippen LogP contribution in [0.15, 0.2) is 36.4 Å². The van der Waals surface area contributed by atoms with Gasteiger partial charge in [-0.3, -0.25) is 4.79 Å². The molecule has 0 spiro atoms. The van der Waals surface area contributed by atoms with Crippen LogP contribution in [0.3, 0.4) is 0 Å². The molecular formula is C13H13NO. The molecule has 0 saturated heterocycles. The third-order valence-corrected chi connectivity index (χ3v) is 2.54. The molecule has 0 aliphatic heterocycles. The van der Waals surface area contributed by atoms with Crippen molar-refractivity contribution < 1.29 is 4.79 Å². The molecule has 2 aromatic rings. The zero-order valence-electron chi connectivity index (χ0n) is 8.90. The fraction of sp³-hybridized carbons (Fsp3) is 0.154. The lowest BCUT2D eigenvalue weighted by Crippen LogP contribution is -2.13. The summed E-state index contributed by atoms with van der Waals surface area (Å²) in [6.07, 6.45) is 0.815. The number of carbonyl (C=O) groups is 1. The summed E-state index contributed by atoms with van der Waals surface area (Å²) in [5.41, 5.74) is 2.17. The van der Waals surface area contributed by atoms with E-state index in [0.29, 0.717) is 0 Å². The van der Waals surface area contributed by atoms with Gasteiger partial charge in [0.2, 0.25) is 6.41 Å². The Bertz CT molecular complexity index is 505. The van der Waals surface area contributed by atoms with Crippen LogP contribution >= 0.6 is 0 Å². The lowest BCUT2D eigenvalue weighted by Gasteiger charge is -2.11. The maximum absolute atomic E-state index is 10.6. The second kappa shape index (κ2) is 3.73. The number of rotatable bonds is 2. The van der Waals surface area contributed by atoms with E-state index in [1.54, 1.807) is 11.9 Å². The summed E-state index contributed by atoms with van der Waals surface area (Å²) in [4.78, 5) is 12.2. The van der Waals surface area contributed by atoms with E-state index >= 15 is 0 Å². The van der Waals surface area contributed by atoms with Crippen LogP contribution in [0.1, 0.15) is 5.56 Å². The van der Waals surface area contributed by atoms with Crippen molar-refractivity contribution in [2.75, 3.05) is 11.9 Å². The minimum atomic E-state index is 0.815. The van der Waals surface area contributed by atoms with Gasteiger partial charge in [-0.25, -0.2) is 0 Å². The third kappa shape index (κ3) is 1.84. The summed E-state index contributed by atoms with van der Waals surface area (Å²) >= 11 is 0.